The molecule has 0 saturated carbocycles. The molecule has 0 bridgehead atoms. The summed E-state index contributed by atoms with van der Waals surface area (Å²) in [5.41, 5.74) is -2.48. The molecule has 0 spiro atoms. The first-order valence-electron chi connectivity index (χ1n) is 5.24. The van der Waals surface area contributed by atoms with Gasteiger partial charge in [0.05, 0.1) is 6.61 Å². The Hall–Kier alpha value is 0.880. The fourth-order valence-corrected chi connectivity index (χ4v) is 4.30. The first kappa shape index (κ1) is 18.3. The topological polar surface area (TPSA) is 41.5 Å². The molecule has 0 saturated heterocycles. The smallest absolute Gasteiger partial charge is 0.244 e. The molecular formula is C9H24NO2PS2. The van der Waals surface area contributed by atoms with Gasteiger partial charge in [0, 0.05) is 5.75 Å². The van der Waals surface area contributed by atoms with E-state index in [1.165, 1.54) is 24.2 Å². The van der Waals surface area contributed by atoms with Crippen LogP contribution in [0.4, 0.5) is 0 Å². The molecule has 2 N–H and O–H groups in total. The maximum absolute atomic E-state index is 9.48. The zero-order valence-electron chi connectivity index (χ0n) is 10.2. The van der Waals surface area contributed by atoms with Crippen LogP contribution in [0.5, 0.6) is 0 Å². The van der Waals surface area contributed by atoms with Crippen LogP contribution in [-0.4, -0.2) is 31.3 Å². The van der Waals surface area contributed by atoms with Crippen molar-refractivity contribution >= 4 is 28.9 Å². The molecule has 0 aliphatic rings. The highest BCUT2D eigenvalue weighted by Gasteiger charge is 2.12. The maximum Gasteiger partial charge on any atom is 0.244 e. The molecule has 3 nitrogen and oxygen atoms in total. The van der Waals surface area contributed by atoms with Crippen molar-refractivity contribution in [1.82, 2.24) is 5.32 Å². The van der Waals surface area contributed by atoms with E-state index in [0.29, 0.717) is 6.61 Å². The molecule has 6 heteroatoms. The third-order valence-corrected chi connectivity index (χ3v) is 5.78. The number of hydrogen-bond acceptors (Lipinski definition) is 4. The SMILES string of the molecule is CCCCCSP(O)(=S)OCC.CNC. The number of unbranched alkanes of at least 4 members (excludes halogenated alkanes) is 2. The molecule has 0 fully saturated rings. The molecule has 0 rings (SSSR count). The lowest BCUT2D eigenvalue weighted by Gasteiger charge is -2.12. The van der Waals surface area contributed by atoms with E-state index in [2.05, 4.69) is 12.2 Å². The summed E-state index contributed by atoms with van der Waals surface area (Å²) in [7, 11) is 3.75. The van der Waals surface area contributed by atoms with Crippen molar-refractivity contribution in [1.29, 1.82) is 0 Å². The molecule has 1 unspecified atom stereocenters. The second kappa shape index (κ2) is 12.9. The lowest BCUT2D eigenvalue weighted by atomic mass is 10.3. The van der Waals surface area contributed by atoms with Crippen molar-refractivity contribution in [3.8, 4) is 0 Å². The Morgan fingerprint density at radius 1 is 1.33 bits per heavy atom. The Bertz CT molecular complexity index is 170. The number of nitrogens with one attached hydrogen (secondary N) is 1. The van der Waals surface area contributed by atoms with Gasteiger partial charge in [-0.05, 0) is 39.2 Å². The van der Waals surface area contributed by atoms with E-state index in [1.54, 1.807) is 0 Å². The van der Waals surface area contributed by atoms with E-state index in [0.717, 1.165) is 12.2 Å². The predicted octanol–water partition coefficient (Wildman–Crippen LogP) is 3.00. The molecule has 0 aromatic rings. The minimum atomic E-state index is -2.48. The lowest BCUT2D eigenvalue weighted by molar-refractivity contribution is 0.340. The Kier molecular flexibility index (Phi) is 15.8. The molecule has 0 aliphatic heterocycles. The Morgan fingerprint density at radius 3 is 2.27 bits per heavy atom. The van der Waals surface area contributed by atoms with Gasteiger partial charge in [-0.3, -0.25) is 0 Å². The fourth-order valence-electron chi connectivity index (χ4n) is 0.732. The Morgan fingerprint density at radius 2 is 1.87 bits per heavy atom. The molecule has 0 aromatic heterocycles. The van der Waals surface area contributed by atoms with E-state index in [-0.39, 0.29) is 0 Å². The highest BCUT2D eigenvalue weighted by molar-refractivity contribution is 8.67. The quantitative estimate of drug-likeness (QED) is 0.551. The van der Waals surface area contributed by atoms with Crippen LogP contribution in [0.2, 0.25) is 0 Å². The third kappa shape index (κ3) is 17.5. The van der Waals surface area contributed by atoms with Gasteiger partial charge in [0.2, 0.25) is 5.69 Å². The fraction of sp³-hybridized carbons (Fsp3) is 1.00. The van der Waals surface area contributed by atoms with E-state index in [1.807, 2.05) is 21.0 Å². The monoisotopic (exact) mass is 273 g/mol. The lowest BCUT2D eigenvalue weighted by Crippen LogP contribution is -1.89. The third-order valence-electron chi connectivity index (χ3n) is 1.29. The van der Waals surface area contributed by atoms with Gasteiger partial charge in [0.25, 0.3) is 0 Å². The largest absolute Gasteiger partial charge is 0.337 e. The number of hydrogen-bond donors (Lipinski definition) is 2. The van der Waals surface area contributed by atoms with Gasteiger partial charge < -0.3 is 14.7 Å². The average Bonchev–Trinajstić information content (AvgIpc) is 2.14. The second-order valence-corrected chi connectivity index (χ2v) is 9.23. The molecule has 0 aliphatic carbocycles. The molecule has 15 heavy (non-hydrogen) atoms. The Balaban J connectivity index is 0. The molecular weight excluding hydrogens is 249 g/mol. The highest BCUT2D eigenvalue weighted by Crippen LogP contribution is 2.56. The molecule has 0 radical (unpaired) electrons. The first-order valence-corrected chi connectivity index (χ1v) is 9.50. The van der Waals surface area contributed by atoms with Crippen molar-refractivity contribution in [3.63, 3.8) is 0 Å². The molecule has 0 aromatic carbocycles. The summed E-state index contributed by atoms with van der Waals surface area (Å²) in [6.07, 6.45) is 3.52. The normalized spacial score (nSPS) is 13.9. The van der Waals surface area contributed by atoms with Crippen molar-refractivity contribution in [2.45, 2.75) is 33.1 Å². The van der Waals surface area contributed by atoms with Gasteiger partial charge in [0.1, 0.15) is 0 Å². The van der Waals surface area contributed by atoms with Gasteiger partial charge in [-0.2, -0.15) is 0 Å². The summed E-state index contributed by atoms with van der Waals surface area (Å²) in [6, 6.07) is 0. The van der Waals surface area contributed by atoms with E-state index < -0.39 is 5.69 Å². The van der Waals surface area contributed by atoms with Crippen LogP contribution in [-0.2, 0) is 16.3 Å². The molecule has 0 heterocycles. The van der Waals surface area contributed by atoms with Crippen molar-refractivity contribution in [3.05, 3.63) is 0 Å². The summed E-state index contributed by atoms with van der Waals surface area (Å²) < 4.78 is 5.05. The Labute approximate surface area is 103 Å². The van der Waals surface area contributed by atoms with E-state index in [9.17, 15) is 4.89 Å². The van der Waals surface area contributed by atoms with Crippen molar-refractivity contribution < 1.29 is 9.42 Å². The van der Waals surface area contributed by atoms with Gasteiger partial charge in [-0.15, -0.1) is 0 Å². The zero-order valence-corrected chi connectivity index (χ0v) is 12.7. The number of rotatable bonds is 7. The average molecular weight is 273 g/mol. The minimum absolute atomic E-state index is 0.508. The summed E-state index contributed by atoms with van der Waals surface area (Å²) in [6.45, 7) is 4.51. The van der Waals surface area contributed by atoms with Crippen LogP contribution in [0.1, 0.15) is 33.1 Å². The van der Waals surface area contributed by atoms with Crippen LogP contribution >= 0.6 is 17.1 Å². The van der Waals surface area contributed by atoms with Crippen molar-refractivity contribution in [2.24, 2.45) is 0 Å². The second-order valence-electron chi connectivity index (χ2n) is 2.93. The van der Waals surface area contributed by atoms with Crippen LogP contribution in [0.15, 0.2) is 0 Å². The zero-order chi connectivity index (χ0) is 12.2. The molecule has 94 valence electrons. The standard InChI is InChI=1S/C7H17O2PS2.C2H7N/c1-3-5-6-7-12-10(8,11)9-4-2;1-3-2/h3-7H2,1-2H3,(H,8,11);3H,1-2H3. The first-order chi connectivity index (χ1) is 7.04. The molecule has 0 amide bonds. The van der Waals surface area contributed by atoms with Gasteiger partial charge in [0.15, 0.2) is 0 Å². The highest BCUT2D eigenvalue weighted by atomic mass is 32.9. The van der Waals surface area contributed by atoms with Gasteiger partial charge in [-0.1, -0.05) is 31.1 Å². The van der Waals surface area contributed by atoms with Crippen LogP contribution < -0.4 is 5.32 Å². The molecule has 1 atom stereocenters. The van der Waals surface area contributed by atoms with Gasteiger partial charge in [-0.25, -0.2) is 0 Å². The van der Waals surface area contributed by atoms with Crippen molar-refractivity contribution in [2.75, 3.05) is 26.5 Å². The summed E-state index contributed by atoms with van der Waals surface area (Å²) in [4.78, 5) is 9.48. The van der Waals surface area contributed by atoms with E-state index in [4.69, 9.17) is 16.3 Å². The summed E-state index contributed by atoms with van der Waals surface area (Å²) in [5.74, 6) is 0.918. The summed E-state index contributed by atoms with van der Waals surface area (Å²) >= 11 is 6.30. The maximum atomic E-state index is 9.48. The van der Waals surface area contributed by atoms with Crippen LogP contribution in [0.25, 0.3) is 0 Å². The van der Waals surface area contributed by atoms with Gasteiger partial charge >= 0.3 is 0 Å². The van der Waals surface area contributed by atoms with Crippen LogP contribution in [0, 0.1) is 0 Å². The van der Waals surface area contributed by atoms with E-state index >= 15 is 0 Å². The predicted molar refractivity (Wildman–Crippen MR) is 75.1 cm³/mol. The summed E-state index contributed by atoms with van der Waals surface area (Å²) in [5, 5.41) is 2.75. The van der Waals surface area contributed by atoms with Crippen LogP contribution in [0.3, 0.4) is 0 Å². The minimum Gasteiger partial charge on any atom is -0.337 e.